The highest BCUT2D eigenvalue weighted by Gasteiger charge is 2.12. The van der Waals surface area contributed by atoms with Crippen molar-refractivity contribution in [2.75, 3.05) is 5.75 Å². The number of benzene rings is 1. The summed E-state index contributed by atoms with van der Waals surface area (Å²) in [7, 11) is 0. The average Bonchev–Trinajstić information content (AvgIpc) is 3.06. The molecule has 0 bridgehead atoms. The van der Waals surface area contributed by atoms with Gasteiger partial charge in [-0.1, -0.05) is 72.1 Å². The monoisotopic (exact) mass is 409 g/mol. The molecule has 2 heterocycles. The number of aromatic nitrogens is 5. The van der Waals surface area contributed by atoms with Gasteiger partial charge in [0.1, 0.15) is 5.82 Å². The van der Waals surface area contributed by atoms with E-state index in [-0.39, 0.29) is 0 Å². The van der Waals surface area contributed by atoms with Crippen LogP contribution < -0.4 is 0 Å². The molecule has 3 rings (SSSR count). The van der Waals surface area contributed by atoms with E-state index in [0.717, 1.165) is 33.3 Å². The van der Waals surface area contributed by atoms with E-state index in [1.165, 1.54) is 5.56 Å². The van der Waals surface area contributed by atoms with Crippen molar-refractivity contribution in [2.45, 2.75) is 36.5 Å². The lowest BCUT2D eigenvalue weighted by atomic mass is 10.2. The van der Waals surface area contributed by atoms with Gasteiger partial charge in [-0.25, -0.2) is 9.97 Å². The van der Waals surface area contributed by atoms with Crippen LogP contribution in [-0.2, 0) is 12.3 Å². The molecule has 0 saturated heterocycles. The Hall–Kier alpha value is -2.38. The Bertz CT molecular complexity index is 930. The Labute approximate surface area is 174 Å². The first-order valence-corrected chi connectivity index (χ1v) is 11.0. The van der Waals surface area contributed by atoms with Gasteiger partial charge in [0.25, 0.3) is 0 Å². The van der Waals surface area contributed by atoms with Crippen molar-refractivity contribution >= 4 is 29.6 Å². The van der Waals surface area contributed by atoms with Gasteiger partial charge in [-0.2, -0.15) is 0 Å². The minimum atomic E-state index is 0.671. The van der Waals surface area contributed by atoms with Gasteiger partial charge in [-0.05, 0) is 25.5 Å². The van der Waals surface area contributed by atoms with Crippen LogP contribution in [0.5, 0.6) is 0 Å². The summed E-state index contributed by atoms with van der Waals surface area (Å²) < 4.78 is 2.10. The average molecular weight is 410 g/mol. The molecule has 0 saturated carbocycles. The summed E-state index contributed by atoms with van der Waals surface area (Å²) in [5.74, 6) is 2.41. The van der Waals surface area contributed by atoms with E-state index in [1.807, 2.05) is 44.2 Å². The van der Waals surface area contributed by atoms with Crippen LogP contribution in [0.1, 0.15) is 22.8 Å². The highest BCUT2D eigenvalue weighted by molar-refractivity contribution is 7.99. The summed E-state index contributed by atoms with van der Waals surface area (Å²) in [5.41, 5.74) is 3.15. The molecule has 5 nitrogen and oxygen atoms in total. The first-order chi connectivity index (χ1) is 13.7. The summed E-state index contributed by atoms with van der Waals surface area (Å²) >= 11 is 3.25. The van der Waals surface area contributed by atoms with Gasteiger partial charge >= 0.3 is 0 Å². The molecule has 0 amide bonds. The van der Waals surface area contributed by atoms with Gasteiger partial charge < -0.3 is 4.57 Å². The Balaban J connectivity index is 1.63. The van der Waals surface area contributed by atoms with Crippen molar-refractivity contribution in [3.63, 3.8) is 0 Å². The highest BCUT2D eigenvalue weighted by atomic mass is 32.2. The van der Waals surface area contributed by atoms with Gasteiger partial charge in [0, 0.05) is 23.7 Å². The largest absolute Gasteiger partial charge is 0.301 e. The summed E-state index contributed by atoms with van der Waals surface area (Å²) in [4.78, 5) is 8.96. The van der Waals surface area contributed by atoms with Crippen LogP contribution >= 0.6 is 23.5 Å². The van der Waals surface area contributed by atoms with Crippen molar-refractivity contribution in [1.29, 1.82) is 0 Å². The summed E-state index contributed by atoms with van der Waals surface area (Å²) in [6.07, 6.45) is 6.13. The molecule has 2 aromatic heterocycles. The summed E-state index contributed by atoms with van der Waals surface area (Å²) in [5, 5.41) is 10.4. The zero-order chi connectivity index (χ0) is 19.8. The molecule has 0 atom stereocenters. The fourth-order valence-electron chi connectivity index (χ4n) is 2.60. The topological polar surface area (TPSA) is 56.5 Å². The Morgan fingerprint density at radius 3 is 2.50 bits per heavy atom. The first kappa shape index (κ1) is 20.4. The number of hydrogen-bond donors (Lipinski definition) is 0. The molecule has 0 radical (unpaired) electrons. The fourth-order valence-corrected chi connectivity index (χ4v) is 4.27. The normalized spacial score (nSPS) is 11.2. The van der Waals surface area contributed by atoms with Crippen LogP contribution in [0.15, 0.2) is 65.4 Å². The summed E-state index contributed by atoms with van der Waals surface area (Å²) in [6, 6.07) is 12.2. The van der Waals surface area contributed by atoms with Crippen molar-refractivity contribution in [3.05, 3.63) is 77.9 Å². The second-order valence-corrected chi connectivity index (χ2v) is 8.07. The Morgan fingerprint density at radius 1 is 1.04 bits per heavy atom. The SMILES string of the molecule is C=CCn1c(CSc2nc(C)cc(C)n2)nnc1SCC=Cc1ccccc1. The minimum Gasteiger partial charge on any atom is -0.301 e. The molecule has 0 aliphatic rings. The lowest BCUT2D eigenvalue weighted by Crippen LogP contribution is -2.03. The number of hydrogen-bond acceptors (Lipinski definition) is 6. The molecular weight excluding hydrogens is 386 g/mol. The maximum absolute atomic E-state index is 4.48. The van der Waals surface area contributed by atoms with Crippen LogP contribution in [-0.4, -0.2) is 30.5 Å². The fraction of sp³-hybridized carbons (Fsp3) is 0.238. The Morgan fingerprint density at radius 2 is 1.79 bits per heavy atom. The third-order valence-corrected chi connectivity index (χ3v) is 5.58. The number of rotatable bonds is 9. The van der Waals surface area contributed by atoms with Crippen molar-refractivity contribution in [2.24, 2.45) is 0 Å². The number of allylic oxidation sites excluding steroid dienone is 1. The zero-order valence-electron chi connectivity index (χ0n) is 16.1. The van der Waals surface area contributed by atoms with Crippen molar-refractivity contribution in [1.82, 2.24) is 24.7 Å². The maximum Gasteiger partial charge on any atom is 0.191 e. The van der Waals surface area contributed by atoms with Crippen LogP contribution in [0.2, 0.25) is 0 Å². The molecule has 0 unspecified atom stereocenters. The molecule has 1 aromatic carbocycles. The number of nitrogens with zero attached hydrogens (tertiary/aromatic N) is 5. The van der Waals surface area contributed by atoms with Crippen LogP contribution in [0, 0.1) is 13.8 Å². The second-order valence-electron chi connectivity index (χ2n) is 6.14. The van der Waals surface area contributed by atoms with Crippen LogP contribution in [0.25, 0.3) is 6.08 Å². The Kier molecular flexibility index (Phi) is 7.45. The molecule has 0 aliphatic carbocycles. The lowest BCUT2D eigenvalue weighted by Gasteiger charge is -2.07. The van der Waals surface area contributed by atoms with Gasteiger partial charge in [-0.15, -0.1) is 16.8 Å². The van der Waals surface area contributed by atoms with E-state index in [2.05, 4.69) is 55.6 Å². The van der Waals surface area contributed by atoms with Crippen LogP contribution in [0.3, 0.4) is 0 Å². The zero-order valence-corrected chi connectivity index (χ0v) is 17.7. The first-order valence-electron chi connectivity index (χ1n) is 8.98. The third kappa shape index (κ3) is 5.81. The quantitative estimate of drug-likeness (QED) is 0.283. The predicted molar refractivity (Wildman–Crippen MR) is 117 cm³/mol. The molecule has 7 heteroatoms. The second kappa shape index (κ2) is 10.2. The minimum absolute atomic E-state index is 0.671. The van der Waals surface area contributed by atoms with E-state index in [1.54, 1.807) is 23.5 Å². The smallest absolute Gasteiger partial charge is 0.191 e. The third-order valence-electron chi connectivity index (χ3n) is 3.82. The van der Waals surface area contributed by atoms with E-state index < -0.39 is 0 Å². The molecular formula is C21H23N5S2. The predicted octanol–water partition coefficient (Wildman–Crippen LogP) is 4.97. The summed E-state index contributed by atoms with van der Waals surface area (Å²) in [6.45, 7) is 8.51. The molecule has 0 spiro atoms. The van der Waals surface area contributed by atoms with Crippen molar-refractivity contribution < 1.29 is 0 Å². The molecule has 28 heavy (non-hydrogen) atoms. The van der Waals surface area contributed by atoms with E-state index in [0.29, 0.717) is 12.3 Å². The number of thioether (sulfide) groups is 2. The van der Waals surface area contributed by atoms with E-state index >= 15 is 0 Å². The molecule has 0 N–H and O–H groups in total. The molecule has 3 aromatic rings. The standard InChI is InChI=1S/C21H23N5S2/c1-4-12-26-19(15-28-20-22-16(2)14-17(3)23-20)24-25-21(26)27-13-8-11-18-9-6-5-7-10-18/h4-11,14H,1,12-13,15H2,2-3H3. The van der Waals surface area contributed by atoms with E-state index in [4.69, 9.17) is 0 Å². The van der Waals surface area contributed by atoms with Gasteiger partial charge in [0.15, 0.2) is 10.3 Å². The molecule has 144 valence electrons. The molecule has 0 fully saturated rings. The van der Waals surface area contributed by atoms with Gasteiger partial charge in [0.05, 0.1) is 5.75 Å². The van der Waals surface area contributed by atoms with Crippen molar-refractivity contribution in [3.8, 4) is 0 Å². The lowest BCUT2D eigenvalue weighted by molar-refractivity contribution is 0.700. The maximum atomic E-state index is 4.48. The van der Waals surface area contributed by atoms with E-state index in [9.17, 15) is 0 Å². The number of aryl methyl sites for hydroxylation is 2. The highest BCUT2D eigenvalue weighted by Crippen LogP contribution is 2.23. The van der Waals surface area contributed by atoms with Crippen LogP contribution in [0.4, 0.5) is 0 Å². The molecule has 0 aliphatic heterocycles. The van der Waals surface area contributed by atoms with Gasteiger partial charge in [0.2, 0.25) is 0 Å². The van der Waals surface area contributed by atoms with Gasteiger partial charge in [-0.3, -0.25) is 0 Å².